The first kappa shape index (κ1) is 13.4. The van der Waals surface area contributed by atoms with E-state index in [4.69, 9.17) is 0 Å². The number of phenolic OH excluding ortho intramolecular Hbond substituents is 1. The zero-order valence-electron chi connectivity index (χ0n) is 11.6. The lowest BCUT2D eigenvalue weighted by Gasteiger charge is -2.39. The molecule has 1 unspecified atom stereocenters. The van der Waals surface area contributed by atoms with Crippen LogP contribution in [0.5, 0.6) is 5.75 Å². The molecule has 100 valence electrons. The van der Waals surface area contributed by atoms with Crippen molar-refractivity contribution >= 4 is 0 Å². The van der Waals surface area contributed by atoms with Crippen LogP contribution in [0.3, 0.4) is 0 Å². The zero-order valence-corrected chi connectivity index (χ0v) is 11.6. The van der Waals surface area contributed by atoms with Gasteiger partial charge in [-0.15, -0.1) is 0 Å². The molecule has 2 heteroatoms. The standard InChI is InChI=1S/C16H25NO/c1-16(2)11-4-3-5-15(16)17-12-10-13-6-8-14(18)9-7-13/h6-9,15,17-18H,3-5,10-12H2,1-2H3. The Bertz CT molecular complexity index is 369. The summed E-state index contributed by atoms with van der Waals surface area (Å²) in [6, 6.07) is 8.19. The molecule has 0 amide bonds. The van der Waals surface area contributed by atoms with Gasteiger partial charge >= 0.3 is 0 Å². The van der Waals surface area contributed by atoms with Gasteiger partial charge in [0, 0.05) is 6.04 Å². The fraction of sp³-hybridized carbons (Fsp3) is 0.625. The summed E-state index contributed by atoms with van der Waals surface area (Å²) in [4.78, 5) is 0. The van der Waals surface area contributed by atoms with E-state index >= 15 is 0 Å². The second-order valence-electron chi connectivity index (χ2n) is 6.16. The molecule has 1 aromatic carbocycles. The Morgan fingerprint density at radius 1 is 1.22 bits per heavy atom. The summed E-state index contributed by atoms with van der Waals surface area (Å²) in [5.74, 6) is 0.347. The number of phenols is 1. The second kappa shape index (κ2) is 5.75. The molecule has 0 aromatic heterocycles. The lowest BCUT2D eigenvalue weighted by atomic mass is 9.73. The van der Waals surface area contributed by atoms with E-state index in [9.17, 15) is 5.11 Å². The highest BCUT2D eigenvalue weighted by molar-refractivity contribution is 5.26. The SMILES string of the molecule is CC1(C)CCCCC1NCCc1ccc(O)cc1. The summed E-state index contributed by atoms with van der Waals surface area (Å²) < 4.78 is 0. The van der Waals surface area contributed by atoms with E-state index in [2.05, 4.69) is 19.2 Å². The van der Waals surface area contributed by atoms with Gasteiger partial charge in [-0.3, -0.25) is 0 Å². The van der Waals surface area contributed by atoms with Crippen molar-refractivity contribution in [2.45, 2.75) is 52.0 Å². The molecule has 0 bridgehead atoms. The molecule has 0 saturated heterocycles. The molecule has 18 heavy (non-hydrogen) atoms. The van der Waals surface area contributed by atoms with Crippen LogP contribution in [0.15, 0.2) is 24.3 Å². The Hall–Kier alpha value is -1.02. The minimum Gasteiger partial charge on any atom is -0.508 e. The molecular weight excluding hydrogens is 222 g/mol. The lowest BCUT2D eigenvalue weighted by molar-refractivity contribution is 0.169. The maximum absolute atomic E-state index is 9.24. The first-order valence-electron chi connectivity index (χ1n) is 7.09. The molecule has 1 saturated carbocycles. The van der Waals surface area contributed by atoms with Gasteiger partial charge in [0.05, 0.1) is 0 Å². The van der Waals surface area contributed by atoms with Crippen LogP contribution in [0.4, 0.5) is 0 Å². The van der Waals surface area contributed by atoms with Crippen molar-refractivity contribution < 1.29 is 5.11 Å². The molecular formula is C16H25NO. The molecule has 1 fully saturated rings. The Labute approximate surface area is 110 Å². The van der Waals surface area contributed by atoms with Gasteiger partial charge in [0.2, 0.25) is 0 Å². The van der Waals surface area contributed by atoms with Gasteiger partial charge in [-0.05, 0) is 48.9 Å². The number of benzene rings is 1. The van der Waals surface area contributed by atoms with Crippen LogP contribution in [0.25, 0.3) is 0 Å². The average Bonchev–Trinajstić information content (AvgIpc) is 2.33. The minimum atomic E-state index is 0.347. The van der Waals surface area contributed by atoms with Gasteiger partial charge in [-0.2, -0.15) is 0 Å². The van der Waals surface area contributed by atoms with Crippen LogP contribution in [0.2, 0.25) is 0 Å². The molecule has 1 aliphatic rings. The van der Waals surface area contributed by atoms with E-state index in [0.717, 1.165) is 13.0 Å². The predicted octanol–water partition coefficient (Wildman–Crippen LogP) is 3.49. The molecule has 0 radical (unpaired) electrons. The summed E-state index contributed by atoms with van der Waals surface area (Å²) >= 11 is 0. The molecule has 1 aliphatic carbocycles. The number of aromatic hydroxyl groups is 1. The number of rotatable bonds is 4. The normalized spacial score (nSPS) is 22.9. The van der Waals surface area contributed by atoms with Gasteiger partial charge in [0.25, 0.3) is 0 Å². The van der Waals surface area contributed by atoms with Gasteiger partial charge in [0.15, 0.2) is 0 Å². The Morgan fingerprint density at radius 3 is 2.61 bits per heavy atom. The summed E-state index contributed by atoms with van der Waals surface area (Å²) in [6.45, 7) is 5.79. The third kappa shape index (κ3) is 3.49. The van der Waals surface area contributed by atoms with Crippen LogP contribution in [0.1, 0.15) is 45.1 Å². The monoisotopic (exact) mass is 247 g/mol. The maximum atomic E-state index is 9.24. The number of hydrogen-bond acceptors (Lipinski definition) is 2. The van der Waals surface area contributed by atoms with E-state index in [1.807, 2.05) is 12.1 Å². The van der Waals surface area contributed by atoms with Crippen molar-refractivity contribution in [3.63, 3.8) is 0 Å². The quantitative estimate of drug-likeness (QED) is 0.853. The topological polar surface area (TPSA) is 32.3 Å². The third-order valence-electron chi connectivity index (χ3n) is 4.25. The van der Waals surface area contributed by atoms with Gasteiger partial charge in [0.1, 0.15) is 5.75 Å². The molecule has 0 aliphatic heterocycles. The Balaban J connectivity index is 1.79. The highest BCUT2D eigenvalue weighted by Gasteiger charge is 2.31. The molecule has 2 rings (SSSR count). The molecule has 2 N–H and O–H groups in total. The molecule has 1 atom stereocenters. The average molecular weight is 247 g/mol. The van der Waals surface area contributed by atoms with Crippen LogP contribution < -0.4 is 5.32 Å². The second-order valence-corrected chi connectivity index (χ2v) is 6.16. The number of nitrogens with one attached hydrogen (secondary N) is 1. The summed E-state index contributed by atoms with van der Waals surface area (Å²) in [6.07, 6.45) is 6.42. The fourth-order valence-corrected chi connectivity index (χ4v) is 2.93. The molecule has 2 nitrogen and oxygen atoms in total. The van der Waals surface area contributed by atoms with Crippen LogP contribution >= 0.6 is 0 Å². The molecule has 0 heterocycles. The van der Waals surface area contributed by atoms with Crippen LogP contribution in [-0.2, 0) is 6.42 Å². The van der Waals surface area contributed by atoms with Crippen molar-refractivity contribution in [2.75, 3.05) is 6.54 Å². The summed E-state index contributed by atoms with van der Waals surface area (Å²) in [5.41, 5.74) is 1.72. The van der Waals surface area contributed by atoms with Gasteiger partial charge in [-0.25, -0.2) is 0 Å². The largest absolute Gasteiger partial charge is 0.508 e. The third-order valence-corrected chi connectivity index (χ3v) is 4.25. The van der Waals surface area contributed by atoms with Crippen molar-refractivity contribution in [1.82, 2.24) is 5.32 Å². The number of hydrogen-bond donors (Lipinski definition) is 2. The van der Waals surface area contributed by atoms with Crippen molar-refractivity contribution in [1.29, 1.82) is 0 Å². The lowest BCUT2D eigenvalue weighted by Crippen LogP contribution is -2.44. The van der Waals surface area contributed by atoms with Crippen molar-refractivity contribution in [2.24, 2.45) is 5.41 Å². The van der Waals surface area contributed by atoms with E-state index in [1.165, 1.54) is 31.2 Å². The highest BCUT2D eigenvalue weighted by atomic mass is 16.3. The first-order chi connectivity index (χ1) is 8.58. The predicted molar refractivity (Wildman–Crippen MR) is 75.9 cm³/mol. The van der Waals surface area contributed by atoms with E-state index in [0.29, 0.717) is 17.2 Å². The molecule has 0 spiro atoms. The van der Waals surface area contributed by atoms with Crippen LogP contribution in [-0.4, -0.2) is 17.7 Å². The maximum Gasteiger partial charge on any atom is 0.115 e. The van der Waals surface area contributed by atoms with E-state index < -0.39 is 0 Å². The first-order valence-corrected chi connectivity index (χ1v) is 7.09. The Kier molecular flexibility index (Phi) is 4.28. The minimum absolute atomic E-state index is 0.347. The van der Waals surface area contributed by atoms with E-state index in [-0.39, 0.29) is 0 Å². The summed E-state index contributed by atoms with van der Waals surface area (Å²) in [7, 11) is 0. The fourth-order valence-electron chi connectivity index (χ4n) is 2.93. The van der Waals surface area contributed by atoms with Gasteiger partial charge < -0.3 is 10.4 Å². The zero-order chi connectivity index (χ0) is 13.0. The van der Waals surface area contributed by atoms with Crippen LogP contribution in [0, 0.1) is 5.41 Å². The Morgan fingerprint density at radius 2 is 1.94 bits per heavy atom. The van der Waals surface area contributed by atoms with Gasteiger partial charge in [-0.1, -0.05) is 38.8 Å². The summed E-state index contributed by atoms with van der Waals surface area (Å²) in [5, 5.41) is 13.0. The van der Waals surface area contributed by atoms with Crippen molar-refractivity contribution in [3.8, 4) is 5.75 Å². The smallest absolute Gasteiger partial charge is 0.115 e. The highest BCUT2D eigenvalue weighted by Crippen LogP contribution is 2.35. The van der Waals surface area contributed by atoms with Crippen molar-refractivity contribution in [3.05, 3.63) is 29.8 Å². The molecule has 1 aromatic rings. The van der Waals surface area contributed by atoms with E-state index in [1.54, 1.807) is 12.1 Å².